The molecular weight excluding hydrogens is 524 g/mol. The van der Waals surface area contributed by atoms with Crippen LogP contribution in [0.25, 0.3) is 0 Å². The Hall–Kier alpha value is -4.04. The van der Waals surface area contributed by atoms with Crippen LogP contribution in [-0.2, 0) is 9.53 Å². The standard InChI is InChI=1S/C24H22BrF2N5O3/c1-4-11-35-22(33)19-14(3)31(17-8-6-7-16(12-17)21(26)27)23(29)32(24(30)34)20(19)18(25)10-9-15(5-2)13-28/h4-10,12,20-21,29H,1-2,11H2,3H3,(H2,30,34)/b15-9+,18-10-,29-23?. The first-order chi connectivity index (χ1) is 16.6. The highest BCUT2D eigenvalue weighted by atomic mass is 79.9. The van der Waals surface area contributed by atoms with Crippen molar-refractivity contribution < 1.29 is 23.1 Å². The minimum atomic E-state index is -2.78. The first kappa shape index (κ1) is 27.2. The fourth-order valence-electron chi connectivity index (χ4n) is 3.33. The summed E-state index contributed by atoms with van der Waals surface area (Å²) < 4.78 is 32.1. The number of nitrogens with one attached hydrogen (secondary N) is 1. The summed E-state index contributed by atoms with van der Waals surface area (Å²) in [6, 6.07) is 4.76. The number of allylic oxidation sites excluding steroid dienone is 5. The minimum Gasteiger partial charge on any atom is -0.458 e. The van der Waals surface area contributed by atoms with Crippen molar-refractivity contribution in [3.8, 4) is 6.07 Å². The number of esters is 1. The number of primary amides is 1. The second-order valence-electron chi connectivity index (χ2n) is 7.04. The number of rotatable bonds is 8. The maximum atomic E-state index is 13.3. The molecule has 0 saturated heterocycles. The molecule has 0 fully saturated rings. The number of hydrogen-bond acceptors (Lipinski definition) is 5. The number of ether oxygens (including phenoxy) is 1. The third-order valence-electron chi connectivity index (χ3n) is 4.90. The molecule has 1 aromatic rings. The summed E-state index contributed by atoms with van der Waals surface area (Å²) in [6.45, 7) is 8.36. The first-order valence-corrected chi connectivity index (χ1v) is 10.8. The number of anilines is 1. The molecule has 35 heavy (non-hydrogen) atoms. The number of hydrogen-bond donors (Lipinski definition) is 2. The fraction of sp³-hybridized carbons (Fsp3) is 0.167. The van der Waals surface area contributed by atoms with Gasteiger partial charge in [-0.2, -0.15) is 5.26 Å². The molecule has 11 heteroatoms. The topological polar surface area (TPSA) is 124 Å². The van der Waals surface area contributed by atoms with E-state index in [0.717, 1.165) is 15.9 Å². The molecule has 1 unspecified atom stereocenters. The Bertz CT molecular complexity index is 1200. The molecule has 1 heterocycles. The predicted octanol–water partition coefficient (Wildman–Crippen LogP) is 5.05. The number of amides is 2. The summed E-state index contributed by atoms with van der Waals surface area (Å²) in [5.74, 6) is -1.33. The largest absolute Gasteiger partial charge is 0.458 e. The normalized spacial score (nSPS) is 16.8. The van der Waals surface area contributed by atoms with Crippen LogP contribution in [0.5, 0.6) is 0 Å². The monoisotopic (exact) mass is 545 g/mol. The lowest BCUT2D eigenvalue weighted by Crippen LogP contribution is -2.59. The molecule has 0 saturated carbocycles. The first-order valence-electron chi connectivity index (χ1n) is 10.0. The summed E-state index contributed by atoms with van der Waals surface area (Å²) in [4.78, 5) is 27.6. The van der Waals surface area contributed by atoms with Crippen molar-refractivity contribution in [1.82, 2.24) is 4.90 Å². The molecule has 2 rings (SSSR count). The Morgan fingerprint density at radius 3 is 2.60 bits per heavy atom. The molecule has 0 bridgehead atoms. The Morgan fingerprint density at radius 2 is 2.06 bits per heavy atom. The van der Waals surface area contributed by atoms with E-state index in [2.05, 4.69) is 29.1 Å². The number of benzene rings is 1. The van der Waals surface area contributed by atoms with Crippen LogP contribution in [0, 0.1) is 16.7 Å². The molecule has 0 radical (unpaired) electrons. The zero-order valence-corrected chi connectivity index (χ0v) is 20.3. The van der Waals surface area contributed by atoms with Crippen LogP contribution < -0.4 is 10.6 Å². The van der Waals surface area contributed by atoms with Gasteiger partial charge in [0.2, 0.25) is 5.96 Å². The van der Waals surface area contributed by atoms with E-state index in [9.17, 15) is 18.4 Å². The van der Waals surface area contributed by atoms with Crippen molar-refractivity contribution >= 4 is 39.6 Å². The average molecular weight is 546 g/mol. The van der Waals surface area contributed by atoms with Crippen molar-refractivity contribution in [2.75, 3.05) is 11.5 Å². The van der Waals surface area contributed by atoms with Gasteiger partial charge in [-0.3, -0.25) is 15.2 Å². The van der Waals surface area contributed by atoms with Crippen LogP contribution >= 0.6 is 15.9 Å². The quantitative estimate of drug-likeness (QED) is 0.205. The van der Waals surface area contributed by atoms with E-state index in [4.69, 9.17) is 21.1 Å². The smallest absolute Gasteiger partial charge is 0.338 e. The molecule has 3 N–H and O–H groups in total. The SMILES string of the molecule is C=CCOC(=O)C1=C(C)N(c2cccc(C(F)F)c2)C(=N)N(C(N)=O)C1/C(Br)=C/C=C(/C#N)C=C. The molecule has 0 spiro atoms. The van der Waals surface area contributed by atoms with Gasteiger partial charge in [-0.05, 0) is 31.2 Å². The molecule has 1 aliphatic heterocycles. The third kappa shape index (κ3) is 5.91. The molecule has 1 atom stereocenters. The zero-order chi connectivity index (χ0) is 26.3. The maximum absolute atomic E-state index is 13.3. The molecular formula is C24H22BrF2N5O3. The lowest BCUT2D eigenvalue weighted by atomic mass is 9.98. The molecule has 8 nitrogen and oxygen atoms in total. The number of halogens is 3. The van der Waals surface area contributed by atoms with Crippen LogP contribution in [0.1, 0.15) is 18.9 Å². The number of urea groups is 1. The van der Waals surface area contributed by atoms with Crippen LogP contribution in [0.3, 0.4) is 0 Å². The van der Waals surface area contributed by atoms with Gasteiger partial charge in [-0.15, -0.1) is 0 Å². The summed E-state index contributed by atoms with van der Waals surface area (Å²) in [5.41, 5.74) is 5.66. The second-order valence-corrected chi connectivity index (χ2v) is 7.96. The zero-order valence-electron chi connectivity index (χ0n) is 18.7. The van der Waals surface area contributed by atoms with Crippen LogP contribution in [0.4, 0.5) is 19.3 Å². The van der Waals surface area contributed by atoms with Crippen molar-refractivity contribution in [3.63, 3.8) is 0 Å². The predicted molar refractivity (Wildman–Crippen MR) is 132 cm³/mol. The number of nitriles is 1. The van der Waals surface area contributed by atoms with Crippen molar-refractivity contribution in [2.45, 2.75) is 19.4 Å². The van der Waals surface area contributed by atoms with Gasteiger partial charge in [0.05, 0.1) is 17.2 Å². The molecule has 1 aromatic carbocycles. The molecule has 1 aliphatic rings. The molecule has 182 valence electrons. The Morgan fingerprint density at radius 1 is 1.37 bits per heavy atom. The highest BCUT2D eigenvalue weighted by molar-refractivity contribution is 9.11. The number of nitrogens with zero attached hydrogens (tertiary/aromatic N) is 3. The highest BCUT2D eigenvalue weighted by Gasteiger charge is 2.44. The van der Waals surface area contributed by atoms with Crippen molar-refractivity contribution in [1.29, 1.82) is 10.7 Å². The Labute approximate surface area is 209 Å². The molecule has 2 amide bonds. The van der Waals surface area contributed by atoms with Gasteiger partial charge in [0, 0.05) is 21.4 Å². The molecule has 0 aromatic heterocycles. The summed E-state index contributed by atoms with van der Waals surface area (Å²) in [5, 5.41) is 17.8. The highest BCUT2D eigenvalue weighted by Crippen LogP contribution is 2.37. The molecule has 0 aliphatic carbocycles. The number of carbonyl (C=O) groups excluding carboxylic acids is 2. The van der Waals surface area contributed by atoms with E-state index < -0.39 is 30.4 Å². The van der Waals surface area contributed by atoms with Crippen LogP contribution in [0.2, 0.25) is 0 Å². The van der Waals surface area contributed by atoms with Gasteiger partial charge in [0.25, 0.3) is 6.43 Å². The Kier molecular flexibility index (Phi) is 9.25. The van der Waals surface area contributed by atoms with Gasteiger partial charge < -0.3 is 10.5 Å². The van der Waals surface area contributed by atoms with E-state index in [1.807, 2.05) is 6.07 Å². The maximum Gasteiger partial charge on any atom is 0.338 e. The van der Waals surface area contributed by atoms with E-state index >= 15 is 0 Å². The van der Waals surface area contributed by atoms with Gasteiger partial charge in [-0.25, -0.2) is 18.4 Å². The van der Waals surface area contributed by atoms with E-state index in [1.165, 1.54) is 49.4 Å². The van der Waals surface area contributed by atoms with Crippen LogP contribution in [-0.4, -0.2) is 35.5 Å². The Balaban J connectivity index is 2.83. The van der Waals surface area contributed by atoms with Crippen molar-refractivity contribution in [2.24, 2.45) is 5.73 Å². The number of alkyl halides is 2. The van der Waals surface area contributed by atoms with Gasteiger partial charge in [0.15, 0.2) is 0 Å². The summed E-state index contributed by atoms with van der Waals surface area (Å²) in [7, 11) is 0. The number of carbonyl (C=O) groups is 2. The van der Waals surface area contributed by atoms with E-state index in [-0.39, 0.29) is 39.2 Å². The van der Waals surface area contributed by atoms with Gasteiger partial charge in [0.1, 0.15) is 12.6 Å². The number of guanidine groups is 1. The third-order valence-corrected chi connectivity index (χ3v) is 5.60. The second kappa shape index (κ2) is 11.9. The van der Waals surface area contributed by atoms with E-state index in [1.54, 1.807) is 0 Å². The van der Waals surface area contributed by atoms with Crippen LogP contribution in [0.15, 0.2) is 83.1 Å². The summed E-state index contributed by atoms with van der Waals surface area (Å²) >= 11 is 3.32. The average Bonchev–Trinajstić information content (AvgIpc) is 2.82. The van der Waals surface area contributed by atoms with Gasteiger partial charge >= 0.3 is 12.0 Å². The fourth-order valence-corrected chi connectivity index (χ4v) is 3.89. The lowest BCUT2D eigenvalue weighted by Gasteiger charge is -2.42. The lowest BCUT2D eigenvalue weighted by molar-refractivity contribution is -0.138. The summed E-state index contributed by atoms with van der Waals surface area (Å²) in [6.07, 6.45) is 2.68. The minimum absolute atomic E-state index is 0.0854. The number of nitrogens with two attached hydrogens (primary N) is 1. The van der Waals surface area contributed by atoms with Crippen molar-refractivity contribution in [3.05, 3.63) is 88.6 Å². The van der Waals surface area contributed by atoms with E-state index in [0.29, 0.717) is 0 Å². The van der Waals surface area contributed by atoms with Gasteiger partial charge in [-0.1, -0.05) is 53.4 Å².